The van der Waals surface area contributed by atoms with Gasteiger partial charge in [0.25, 0.3) is 5.69 Å². The number of rotatable bonds is 7. The van der Waals surface area contributed by atoms with Crippen molar-refractivity contribution in [1.82, 2.24) is 9.80 Å². The SMILES string of the molecule is CN1CCN(C(CNc2ccc(S(C)(=O)=O)cc2[N+](=O)[O-])c2cccs2)CC1. The Morgan fingerprint density at radius 2 is 1.96 bits per heavy atom. The van der Waals surface area contributed by atoms with Gasteiger partial charge in [-0.05, 0) is 30.6 Å². The molecule has 1 atom stereocenters. The molecule has 1 N–H and O–H groups in total. The average molecular weight is 425 g/mol. The molecule has 1 unspecified atom stereocenters. The number of hydrogen-bond donors (Lipinski definition) is 1. The molecular formula is C18H24N4O4S2. The fourth-order valence-electron chi connectivity index (χ4n) is 3.27. The van der Waals surface area contributed by atoms with Gasteiger partial charge in [-0.1, -0.05) is 6.07 Å². The molecule has 152 valence electrons. The van der Waals surface area contributed by atoms with E-state index >= 15 is 0 Å². The van der Waals surface area contributed by atoms with Crippen LogP contribution in [0.2, 0.25) is 0 Å². The van der Waals surface area contributed by atoms with Crippen LogP contribution in [0.3, 0.4) is 0 Å². The Balaban J connectivity index is 1.82. The van der Waals surface area contributed by atoms with Crippen LogP contribution < -0.4 is 5.32 Å². The first-order valence-electron chi connectivity index (χ1n) is 8.94. The lowest BCUT2D eigenvalue weighted by Gasteiger charge is -2.37. The van der Waals surface area contributed by atoms with Crippen LogP contribution in [0, 0.1) is 10.1 Å². The summed E-state index contributed by atoms with van der Waals surface area (Å²) < 4.78 is 23.4. The summed E-state index contributed by atoms with van der Waals surface area (Å²) in [4.78, 5) is 16.7. The summed E-state index contributed by atoms with van der Waals surface area (Å²) in [5.41, 5.74) is 0.0966. The molecule has 10 heteroatoms. The Bertz CT molecular complexity index is 923. The van der Waals surface area contributed by atoms with Crippen molar-refractivity contribution in [2.24, 2.45) is 0 Å². The van der Waals surface area contributed by atoms with Crippen molar-refractivity contribution < 1.29 is 13.3 Å². The minimum absolute atomic E-state index is 0.0568. The van der Waals surface area contributed by atoms with Crippen molar-refractivity contribution in [1.29, 1.82) is 0 Å². The van der Waals surface area contributed by atoms with Gasteiger partial charge >= 0.3 is 0 Å². The van der Waals surface area contributed by atoms with Crippen LogP contribution in [0.5, 0.6) is 0 Å². The van der Waals surface area contributed by atoms with Crippen LogP contribution in [-0.4, -0.2) is 69.2 Å². The van der Waals surface area contributed by atoms with Crippen LogP contribution in [0.25, 0.3) is 0 Å². The van der Waals surface area contributed by atoms with Crippen molar-refractivity contribution >= 4 is 32.5 Å². The molecule has 8 nitrogen and oxygen atoms in total. The van der Waals surface area contributed by atoms with Gasteiger partial charge in [0.15, 0.2) is 9.84 Å². The molecule has 1 aromatic heterocycles. The first-order valence-corrected chi connectivity index (χ1v) is 11.7. The fourth-order valence-corrected chi connectivity index (χ4v) is 4.78. The second-order valence-corrected chi connectivity index (χ2v) is 9.95. The van der Waals surface area contributed by atoms with E-state index in [4.69, 9.17) is 0 Å². The second-order valence-electron chi connectivity index (χ2n) is 6.96. The van der Waals surface area contributed by atoms with Crippen LogP contribution in [0.1, 0.15) is 10.9 Å². The molecule has 0 bridgehead atoms. The lowest BCUT2D eigenvalue weighted by molar-refractivity contribution is -0.384. The Labute approximate surface area is 168 Å². The maximum Gasteiger partial charge on any atom is 0.293 e. The highest BCUT2D eigenvalue weighted by atomic mass is 32.2. The summed E-state index contributed by atoms with van der Waals surface area (Å²) in [6.45, 7) is 4.31. The first kappa shape index (κ1) is 20.7. The molecule has 0 amide bonds. The van der Waals surface area contributed by atoms with Crippen molar-refractivity contribution in [2.45, 2.75) is 10.9 Å². The molecule has 1 aliphatic heterocycles. The van der Waals surface area contributed by atoms with Crippen molar-refractivity contribution in [3.63, 3.8) is 0 Å². The number of nitro benzene ring substituents is 1. The lowest BCUT2D eigenvalue weighted by atomic mass is 10.1. The van der Waals surface area contributed by atoms with Crippen molar-refractivity contribution in [2.75, 3.05) is 51.3 Å². The number of piperazine rings is 1. The van der Waals surface area contributed by atoms with Gasteiger partial charge in [-0.25, -0.2) is 8.42 Å². The number of sulfone groups is 1. The minimum Gasteiger partial charge on any atom is -0.378 e. The molecule has 1 aliphatic rings. The minimum atomic E-state index is -3.51. The molecule has 1 aromatic carbocycles. The highest BCUT2D eigenvalue weighted by Gasteiger charge is 2.26. The van der Waals surface area contributed by atoms with Gasteiger partial charge in [0.2, 0.25) is 0 Å². The summed E-state index contributed by atoms with van der Waals surface area (Å²) >= 11 is 1.67. The standard InChI is InChI=1S/C18H24N4O4S2/c1-20-7-9-21(10-8-20)17(18-4-3-11-27-18)13-19-15-6-5-14(28(2,25)26)12-16(15)22(23)24/h3-6,11-12,17,19H,7-10,13H2,1-2H3. The third-order valence-electron chi connectivity index (χ3n) is 4.93. The Kier molecular flexibility index (Phi) is 6.33. The van der Waals surface area contributed by atoms with E-state index < -0.39 is 14.8 Å². The summed E-state index contributed by atoms with van der Waals surface area (Å²) in [5.74, 6) is 0. The maximum atomic E-state index is 11.7. The van der Waals surface area contributed by atoms with Gasteiger partial charge in [0.05, 0.1) is 15.9 Å². The van der Waals surface area contributed by atoms with E-state index in [0.717, 1.165) is 38.5 Å². The molecule has 0 aliphatic carbocycles. The molecule has 2 aromatic rings. The summed E-state index contributed by atoms with van der Waals surface area (Å²) in [7, 11) is -1.41. The molecule has 1 saturated heterocycles. The Morgan fingerprint density at radius 3 is 2.54 bits per heavy atom. The molecule has 2 heterocycles. The third-order valence-corrected chi connectivity index (χ3v) is 7.01. The zero-order valence-corrected chi connectivity index (χ0v) is 17.5. The quantitative estimate of drug-likeness (QED) is 0.539. The topological polar surface area (TPSA) is 95.8 Å². The zero-order valence-electron chi connectivity index (χ0n) is 15.9. The maximum absolute atomic E-state index is 11.7. The van der Waals surface area contributed by atoms with Crippen molar-refractivity contribution in [3.05, 3.63) is 50.7 Å². The lowest BCUT2D eigenvalue weighted by Crippen LogP contribution is -2.47. The number of likely N-dealkylation sites (N-methyl/N-ethyl adjacent to an activating group) is 1. The number of nitro groups is 1. The smallest absolute Gasteiger partial charge is 0.293 e. The van der Waals surface area contributed by atoms with Gasteiger partial charge in [0, 0.05) is 49.9 Å². The largest absolute Gasteiger partial charge is 0.378 e. The van der Waals surface area contributed by atoms with E-state index in [2.05, 4.69) is 28.2 Å². The van der Waals surface area contributed by atoms with E-state index in [1.54, 1.807) is 11.3 Å². The number of anilines is 1. The summed E-state index contributed by atoms with van der Waals surface area (Å²) in [6.07, 6.45) is 1.04. The van der Waals surface area contributed by atoms with E-state index in [1.807, 2.05) is 11.4 Å². The monoisotopic (exact) mass is 424 g/mol. The highest BCUT2D eigenvalue weighted by molar-refractivity contribution is 7.90. The Hall–Kier alpha value is -2.01. The van der Waals surface area contributed by atoms with Crippen LogP contribution >= 0.6 is 11.3 Å². The number of nitrogens with one attached hydrogen (secondary N) is 1. The fraction of sp³-hybridized carbons (Fsp3) is 0.444. The van der Waals surface area contributed by atoms with Gasteiger partial charge in [-0.3, -0.25) is 15.0 Å². The normalized spacial score (nSPS) is 17.4. The molecule has 0 radical (unpaired) electrons. The molecule has 1 fully saturated rings. The molecule has 0 spiro atoms. The summed E-state index contributed by atoms with van der Waals surface area (Å²) in [6, 6.07) is 8.18. The number of benzene rings is 1. The molecular weight excluding hydrogens is 400 g/mol. The summed E-state index contributed by atoms with van der Waals surface area (Å²) in [5, 5.41) is 16.7. The van der Waals surface area contributed by atoms with Gasteiger partial charge in [-0.2, -0.15) is 0 Å². The predicted octanol–water partition coefficient (Wildman–Crippen LogP) is 2.46. The van der Waals surface area contributed by atoms with Gasteiger partial charge in [0.1, 0.15) is 5.69 Å². The van der Waals surface area contributed by atoms with E-state index in [0.29, 0.717) is 12.2 Å². The predicted molar refractivity (Wildman–Crippen MR) is 111 cm³/mol. The number of thiophene rings is 1. The first-order chi connectivity index (χ1) is 13.3. The van der Waals surface area contributed by atoms with Crippen LogP contribution in [-0.2, 0) is 9.84 Å². The number of nitrogens with zero attached hydrogens (tertiary/aromatic N) is 3. The van der Waals surface area contributed by atoms with Crippen molar-refractivity contribution in [3.8, 4) is 0 Å². The molecule has 3 rings (SSSR count). The van der Waals surface area contributed by atoms with E-state index in [9.17, 15) is 18.5 Å². The molecule has 28 heavy (non-hydrogen) atoms. The van der Waals surface area contributed by atoms with Crippen LogP contribution in [0.4, 0.5) is 11.4 Å². The van der Waals surface area contributed by atoms with Crippen LogP contribution in [0.15, 0.2) is 40.6 Å². The van der Waals surface area contributed by atoms with Gasteiger partial charge in [-0.15, -0.1) is 11.3 Å². The average Bonchev–Trinajstić information content (AvgIpc) is 3.17. The van der Waals surface area contributed by atoms with Gasteiger partial charge < -0.3 is 10.2 Å². The second kappa shape index (κ2) is 8.56. The highest BCUT2D eigenvalue weighted by Crippen LogP contribution is 2.31. The number of hydrogen-bond acceptors (Lipinski definition) is 8. The van der Waals surface area contributed by atoms with E-state index in [-0.39, 0.29) is 16.6 Å². The Morgan fingerprint density at radius 1 is 1.25 bits per heavy atom. The zero-order chi connectivity index (χ0) is 20.3. The van der Waals surface area contributed by atoms with E-state index in [1.165, 1.54) is 17.0 Å². The molecule has 0 saturated carbocycles. The third kappa shape index (κ3) is 4.88.